The zero-order valence-electron chi connectivity index (χ0n) is 10.5. The molecule has 2 rings (SSSR count). The van der Waals surface area contributed by atoms with Crippen LogP contribution in [0.25, 0.3) is 0 Å². The van der Waals surface area contributed by atoms with Crippen molar-refractivity contribution in [2.45, 2.75) is 52.0 Å². The minimum atomic E-state index is 0.734. The lowest BCUT2D eigenvalue weighted by atomic mass is 9.83. The summed E-state index contributed by atoms with van der Waals surface area (Å²) >= 11 is 1.92. The maximum absolute atomic E-state index is 4.77. The number of aromatic nitrogens is 1. The lowest BCUT2D eigenvalue weighted by Gasteiger charge is -2.24. The molecular formula is C13H22N2S. The highest BCUT2D eigenvalue weighted by molar-refractivity contribution is 7.11. The van der Waals surface area contributed by atoms with E-state index in [4.69, 9.17) is 4.98 Å². The number of nitrogens with one attached hydrogen (secondary N) is 1. The molecule has 0 saturated heterocycles. The van der Waals surface area contributed by atoms with Crippen molar-refractivity contribution >= 4 is 11.3 Å². The Kier molecular flexibility index (Phi) is 3.98. The summed E-state index contributed by atoms with van der Waals surface area (Å²) in [6, 6.07) is 0. The lowest BCUT2D eigenvalue weighted by Crippen LogP contribution is -2.11. The second kappa shape index (κ2) is 5.28. The minimum absolute atomic E-state index is 0.734. The largest absolute Gasteiger partial charge is 0.315 e. The van der Waals surface area contributed by atoms with Gasteiger partial charge in [0, 0.05) is 17.3 Å². The van der Waals surface area contributed by atoms with E-state index in [0.717, 1.165) is 18.4 Å². The Labute approximate surface area is 102 Å². The molecule has 2 atom stereocenters. The highest BCUT2D eigenvalue weighted by atomic mass is 32.1. The molecule has 1 aliphatic carbocycles. The lowest BCUT2D eigenvalue weighted by molar-refractivity contribution is 0.343. The summed E-state index contributed by atoms with van der Waals surface area (Å²) in [7, 11) is 2.00. The van der Waals surface area contributed by atoms with E-state index in [0.29, 0.717) is 0 Å². The first-order valence-electron chi connectivity index (χ1n) is 6.31. The molecule has 0 aromatic carbocycles. The molecule has 0 spiro atoms. The zero-order chi connectivity index (χ0) is 11.5. The highest BCUT2D eigenvalue weighted by Gasteiger charge is 2.23. The van der Waals surface area contributed by atoms with Gasteiger partial charge in [0.05, 0.1) is 10.7 Å². The third-order valence-corrected chi connectivity index (χ3v) is 4.85. The molecule has 1 heterocycles. The molecule has 2 unspecified atom stereocenters. The van der Waals surface area contributed by atoms with Crippen LogP contribution in [0.15, 0.2) is 0 Å². The first-order valence-corrected chi connectivity index (χ1v) is 7.13. The van der Waals surface area contributed by atoms with Gasteiger partial charge in [0.15, 0.2) is 0 Å². The summed E-state index contributed by atoms with van der Waals surface area (Å²) in [5.74, 6) is 1.62. The van der Waals surface area contributed by atoms with Crippen molar-refractivity contribution in [1.29, 1.82) is 0 Å². The van der Waals surface area contributed by atoms with E-state index < -0.39 is 0 Å². The van der Waals surface area contributed by atoms with Crippen LogP contribution in [0.5, 0.6) is 0 Å². The van der Waals surface area contributed by atoms with Gasteiger partial charge in [0.1, 0.15) is 0 Å². The Bertz CT molecular complexity index is 346. The Balaban J connectivity index is 2.10. The quantitative estimate of drug-likeness (QED) is 0.872. The maximum atomic E-state index is 4.77. The minimum Gasteiger partial charge on any atom is -0.315 e. The monoisotopic (exact) mass is 238 g/mol. The van der Waals surface area contributed by atoms with Crippen molar-refractivity contribution in [3.05, 3.63) is 15.6 Å². The van der Waals surface area contributed by atoms with E-state index in [2.05, 4.69) is 19.2 Å². The van der Waals surface area contributed by atoms with Crippen molar-refractivity contribution in [2.24, 2.45) is 5.92 Å². The number of hydrogen-bond acceptors (Lipinski definition) is 3. The molecule has 2 nitrogen and oxygen atoms in total. The summed E-state index contributed by atoms with van der Waals surface area (Å²) in [6.45, 7) is 5.48. The standard InChI is InChI=1S/C13H22N2S/c1-9-5-4-6-11(7-9)13-15-10(2)12(16-13)8-14-3/h9,11,14H,4-8H2,1-3H3. The average Bonchev–Trinajstić information content (AvgIpc) is 2.61. The van der Waals surface area contributed by atoms with Crippen LogP contribution in [0, 0.1) is 12.8 Å². The third kappa shape index (κ3) is 2.64. The van der Waals surface area contributed by atoms with Crippen LogP contribution >= 0.6 is 11.3 Å². The fourth-order valence-electron chi connectivity index (χ4n) is 2.61. The van der Waals surface area contributed by atoms with Gasteiger partial charge in [0.2, 0.25) is 0 Å². The maximum Gasteiger partial charge on any atom is 0.0962 e. The van der Waals surface area contributed by atoms with Gasteiger partial charge in [-0.2, -0.15) is 0 Å². The number of hydrogen-bond donors (Lipinski definition) is 1. The van der Waals surface area contributed by atoms with Gasteiger partial charge < -0.3 is 5.32 Å². The van der Waals surface area contributed by atoms with E-state index in [1.54, 1.807) is 0 Å². The normalized spacial score (nSPS) is 25.9. The van der Waals surface area contributed by atoms with Gasteiger partial charge in [-0.25, -0.2) is 4.98 Å². The van der Waals surface area contributed by atoms with Crippen molar-refractivity contribution < 1.29 is 0 Å². The smallest absolute Gasteiger partial charge is 0.0962 e. The SMILES string of the molecule is CNCc1sc(C2CCCC(C)C2)nc1C. The van der Waals surface area contributed by atoms with Crippen LogP contribution in [-0.4, -0.2) is 12.0 Å². The van der Waals surface area contributed by atoms with Crippen LogP contribution in [0.4, 0.5) is 0 Å². The molecule has 16 heavy (non-hydrogen) atoms. The molecular weight excluding hydrogens is 216 g/mol. The van der Waals surface area contributed by atoms with Crippen molar-refractivity contribution in [2.75, 3.05) is 7.05 Å². The van der Waals surface area contributed by atoms with Gasteiger partial charge in [-0.3, -0.25) is 0 Å². The molecule has 1 aliphatic rings. The van der Waals surface area contributed by atoms with E-state index in [9.17, 15) is 0 Å². The molecule has 1 aromatic heterocycles. The summed E-state index contributed by atoms with van der Waals surface area (Å²) in [4.78, 5) is 6.18. The summed E-state index contributed by atoms with van der Waals surface area (Å²) in [5.41, 5.74) is 1.23. The highest BCUT2D eigenvalue weighted by Crippen LogP contribution is 2.38. The second-order valence-corrected chi connectivity index (χ2v) is 6.17. The molecule has 0 radical (unpaired) electrons. The Morgan fingerprint density at radius 2 is 2.25 bits per heavy atom. The van der Waals surface area contributed by atoms with Crippen LogP contribution in [0.1, 0.15) is 54.1 Å². The molecule has 1 aromatic rings. The number of nitrogens with zero attached hydrogens (tertiary/aromatic N) is 1. The topological polar surface area (TPSA) is 24.9 Å². The zero-order valence-corrected chi connectivity index (χ0v) is 11.4. The van der Waals surface area contributed by atoms with Crippen molar-refractivity contribution in [1.82, 2.24) is 10.3 Å². The predicted molar refractivity (Wildman–Crippen MR) is 70.0 cm³/mol. The molecule has 1 saturated carbocycles. The van der Waals surface area contributed by atoms with Gasteiger partial charge in [0.25, 0.3) is 0 Å². The van der Waals surface area contributed by atoms with Crippen LogP contribution < -0.4 is 5.32 Å². The number of aryl methyl sites for hydroxylation is 1. The summed E-state index contributed by atoms with van der Waals surface area (Å²) in [6.07, 6.45) is 5.47. The Morgan fingerprint density at radius 1 is 1.44 bits per heavy atom. The number of thiazole rings is 1. The van der Waals surface area contributed by atoms with Crippen molar-refractivity contribution in [3.8, 4) is 0 Å². The van der Waals surface area contributed by atoms with Crippen LogP contribution in [0.2, 0.25) is 0 Å². The van der Waals surface area contributed by atoms with Crippen molar-refractivity contribution in [3.63, 3.8) is 0 Å². The number of rotatable bonds is 3. The molecule has 0 amide bonds. The fourth-order valence-corrected chi connectivity index (χ4v) is 3.83. The molecule has 0 aliphatic heterocycles. The van der Waals surface area contributed by atoms with Crippen LogP contribution in [-0.2, 0) is 6.54 Å². The molecule has 3 heteroatoms. The van der Waals surface area contributed by atoms with Gasteiger partial charge in [-0.05, 0) is 32.7 Å². The first-order chi connectivity index (χ1) is 7.70. The van der Waals surface area contributed by atoms with Gasteiger partial charge in [-0.1, -0.05) is 19.8 Å². The van der Waals surface area contributed by atoms with Crippen LogP contribution in [0.3, 0.4) is 0 Å². The molecule has 1 N–H and O–H groups in total. The summed E-state index contributed by atoms with van der Waals surface area (Å²) < 4.78 is 0. The second-order valence-electron chi connectivity index (χ2n) is 5.06. The average molecular weight is 238 g/mol. The first kappa shape index (κ1) is 12.1. The summed E-state index contributed by atoms with van der Waals surface area (Å²) in [5, 5.41) is 4.60. The predicted octanol–water partition coefficient (Wildman–Crippen LogP) is 3.46. The van der Waals surface area contributed by atoms with Gasteiger partial charge >= 0.3 is 0 Å². The molecule has 1 fully saturated rings. The van der Waals surface area contributed by atoms with E-state index in [1.807, 2.05) is 18.4 Å². The Morgan fingerprint density at radius 3 is 2.94 bits per heavy atom. The van der Waals surface area contributed by atoms with Gasteiger partial charge in [-0.15, -0.1) is 11.3 Å². The third-order valence-electron chi connectivity index (χ3n) is 3.53. The Hall–Kier alpha value is -0.410. The fraction of sp³-hybridized carbons (Fsp3) is 0.769. The van der Waals surface area contributed by atoms with E-state index in [1.165, 1.54) is 41.3 Å². The molecule has 0 bridgehead atoms. The van der Waals surface area contributed by atoms with E-state index >= 15 is 0 Å². The van der Waals surface area contributed by atoms with E-state index in [-0.39, 0.29) is 0 Å². The molecule has 90 valence electrons.